The molecule has 3 aromatic rings. The van der Waals surface area contributed by atoms with Gasteiger partial charge in [0.05, 0.1) is 5.92 Å². The fraction of sp³-hybridized carbons (Fsp3) is 0.263. The van der Waals surface area contributed by atoms with Gasteiger partial charge < -0.3 is 9.42 Å². The number of hydrogen-bond donors (Lipinski definition) is 0. The van der Waals surface area contributed by atoms with Gasteiger partial charge in [-0.15, -0.1) is 0 Å². The van der Waals surface area contributed by atoms with Crippen LogP contribution in [0.1, 0.15) is 29.4 Å². The number of amides is 1. The van der Waals surface area contributed by atoms with Crippen LogP contribution in [0.3, 0.4) is 0 Å². The van der Waals surface area contributed by atoms with Gasteiger partial charge in [-0.25, -0.2) is 0 Å². The molecule has 1 saturated heterocycles. The molecule has 1 unspecified atom stereocenters. The molecule has 0 bridgehead atoms. The molecule has 1 fully saturated rings. The van der Waals surface area contributed by atoms with Crippen LogP contribution >= 0.6 is 0 Å². The van der Waals surface area contributed by atoms with Gasteiger partial charge in [0.1, 0.15) is 5.69 Å². The zero-order valence-electron chi connectivity index (χ0n) is 14.1. The third-order valence-electron chi connectivity index (χ3n) is 4.52. The van der Waals surface area contributed by atoms with E-state index in [2.05, 4.69) is 15.1 Å². The summed E-state index contributed by atoms with van der Waals surface area (Å²) < 4.78 is 5.42. The summed E-state index contributed by atoms with van der Waals surface area (Å²) in [4.78, 5) is 23.1. The third-order valence-corrected chi connectivity index (χ3v) is 4.52. The van der Waals surface area contributed by atoms with Gasteiger partial charge in [0, 0.05) is 24.8 Å². The summed E-state index contributed by atoms with van der Waals surface area (Å²) in [6.45, 7) is 4.60. The minimum absolute atomic E-state index is 0.0833. The van der Waals surface area contributed by atoms with E-state index in [9.17, 15) is 4.79 Å². The predicted octanol–water partition coefficient (Wildman–Crippen LogP) is 3.27. The van der Waals surface area contributed by atoms with Crippen LogP contribution in [0.4, 0.5) is 5.69 Å². The lowest BCUT2D eigenvalue weighted by Gasteiger charge is -2.21. The van der Waals surface area contributed by atoms with Gasteiger partial charge in [0.2, 0.25) is 17.6 Å². The van der Waals surface area contributed by atoms with Gasteiger partial charge >= 0.3 is 0 Å². The molecule has 0 saturated carbocycles. The number of para-hydroxylation sites is 1. The number of rotatable bonds is 3. The number of pyridine rings is 1. The molecule has 0 aliphatic carbocycles. The molecule has 1 aliphatic heterocycles. The largest absolute Gasteiger partial charge is 0.339 e. The summed E-state index contributed by atoms with van der Waals surface area (Å²) in [5, 5.41) is 4.01. The van der Waals surface area contributed by atoms with Crippen molar-refractivity contribution in [2.75, 3.05) is 11.4 Å². The Bertz CT molecular complexity index is 900. The zero-order chi connectivity index (χ0) is 17.4. The fourth-order valence-electron chi connectivity index (χ4n) is 3.32. The summed E-state index contributed by atoms with van der Waals surface area (Å²) in [5.74, 6) is 0.924. The SMILES string of the molecule is Cc1cccc(C)c1N1CC(c2nc(-c3ccccn3)no2)CC1=O. The number of hydrogen-bond acceptors (Lipinski definition) is 5. The second-order valence-corrected chi connectivity index (χ2v) is 6.32. The monoisotopic (exact) mass is 334 g/mol. The van der Waals surface area contributed by atoms with Crippen molar-refractivity contribution in [3.63, 3.8) is 0 Å². The van der Waals surface area contributed by atoms with E-state index in [0.29, 0.717) is 30.4 Å². The van der Waals surface area contributed by atoms with E-state index in [4.69, 9.17) is 4.52 Å². The molecular formula is C19H18N4O2. The molecule has 4 rings (SSSR count). The second-order valence-electron chi connectivity index (χ2n) is 6.32. The number of nitrogens with zero attached hydrogens (tertiary/aromatic N) is 4. The number of carbonyl (C=O) groups is 1. The van der Waals surface area contributed by atoms with E-state index in [1.807, 2.05) is 55.1 Å². The molecule has 25 heavy (non-hydrogen) atoms. The van der Waals surface area contributed by atoms with E-state index >= 15 is 0 Å². The lowest BCUT2D eigenvalue weighted by molar-refractivity contribution is -0.117. The molecule has 2 aromatic heterocycles. The molecular weight excluding hydrogens is 316 g/mol. The molecule has 3 heterocycles. The van der Waals surface area contributed by atoms with Gasteiger partial charge in [-0.05, 0) is 37.1 Å². The Kier molecular flexibility index (Phi) is 3.80. The van der Waals surface area contributed by atoms with Crippen molar-refractivity contribution in [1.29, 1.82) is 0 Å². The predicted molar refractivity (Wildman–Crippen MR) is 93.2 cm³/mol. The summed E-state index contributed by atoms with van der Waals surface area (Å²) in [5.41, 5.74) is 3.83. The van der Waals surface area contributed by atoms with Crippen LogP contribution in [0.5, 0.6) is 0 Å². The Morgan fingerprint density at radius 2 is 1.92 bits per heavy atom. The van der Waals surface area contributed by atoms with Crippen LogP contribution in [0, 0.1) is 13.8 Å². The first kappa shape index (κ1) is 15.5. The number of benzene rings is 1. The van der Waals surface area contributed by atoms with Crippen molar-refractivity contribution in [2.24, 2.45) is 0 Å². The molecule has 126 valence electrons. The maximum absolute atomic E-state index is 12.6. The van der Waals surface area contributed by atoms with E-state index < -0.39 is 0 Å². The Hall–Kier alpha value is -3.02. The highest BCUT2D eigenvalue weighted by Gasteiger charge is 2.36. The number of carbonyl (C=O) groups excluding carboxylic acids is 1. The number of aromatic nitrogens is 3. The van der Waals surface area contributed by atoms with Crippen LogP contribution in [-0.4, -0.2) is 27.6 Å². The van der Waals surface area contributed by atoms with Gasteiger partial charge in [-0.2, -0.15) is 4.98 Å². The van der Waals surface area contributed by atoms with E-state index in [-0.39, 0.29) is 11.8 Å². The Morgan fingerprint density at radius 1 is 1.12 bits per heavy atom. The molecule has 1 atom stereocenters. The van der Waals surface area contributed by atoms with E-state index in [1.54, 1.807) is 6.20 Å². The highest BCUT2D eigenvalue weighted by atomic mass is 16.5. The minimum Gasteiger partial charge on any atom is -0.339 e. The maximum Gasteiger partial charge on any atom is 0.232 e. The van der Waals surface area contributed by atoms with Crippen LogP contribution in [0.15, 0.2) is 47.1 Å². The molecule has 6 heteroatoms. The lowest BCUT2D eigenvalue weighted by atomic mass is 10.1. The van der Waals surface area contributed by atoms with Gasteiger partial charge in [-0.1, -0.05) is 29.4 Å². The van der Waals surface area contributed by atoms with Crippen molar-refractivity contribution in [3.05, 3.63) is 59.6 Å². The van der Waals surface area contributed by atoms with Crippen LogP contribution in [0.2, 0.25) is 0 Å². The topological polar surface area (TPSA) is 72.1 Å². The summed E-state index contributed by atoms with van der Waals surface area (Å²) in [6.07, 6.45) is 2.06. The highest BCUT2D eigenvalue weighted by molar-refractivity contribution is 5.97. The standard InChI is InChI=1S/C19H18N4O2/c1-12-6-5-7-13(2)17(12)23-11-14(10-16(23)24)19-21-18(22-25-19)15-8-3-4-9-20-15/h3-9,14H,10-11H2,1-2H3. The Morgan fingerprint density at radius 3 is 2.64 bits per heavy atom. The first-order valence-electron chi connectivity index (χ1n) is 8.25. The quantitative estimate of drug-likeness (QED) is 0.735. The third kappa shape index (κ3) is 2.80. The molecule has 1 aliphatic rings. The maximum atomic E-state index is 12.6. The minimum atomic E-state index is -0.100. The highest BCUT2D eigenvalue weighted by Crippen LogP contribution is 2.34. The van der Waals surface area contributed by atoms with Crippen molar-refractivity contribution >= 4 is 11.6 Å². The molecule has 0 spiro atoms. The lowest BCUT2D eigenvalue weighted by Crippen LogP contribution is -2.26. The molecule has 1 aromatic carbocycles. The van der Waals surface area contributed by atoms with Crippen molar-refractivity contribution in [1.82, 2.24) is 15.1 Å². The van der Waals surface area contributed by atoms with Gasteiger partial charge in [0.25, 0.3) is 0 Å². The van der Waals surface area contributed by atoms with Crippen LogP contribution in [0.25, 0.3) is 11.5 Å². The van der Waals surface area contributed by atoms with Crippen molar-refractivity contribution in [2.45, 2.75) is 26.2 Å². The number of aryl methyl sites for hydroxylation is 2. The smallest absolute Gasteiger partial charge is 0.232 e. The van der Waals surface area contributed by atoms with E-state index in [1.165, 1.54) is 0 Å². The summed E-state index contributed by atoms with van der Waals surface area (Å²) in [6, 6.07) is 11.6. The first-order chi connectivity index (χ1) is 12.1. The van der Waals surface area contributed by atoms with Gasteiger partial charge in [-0.3, -0.25) is 9.78 Å². The Labute approximate surface area is 145 Å². The fourth-order valence-corrected chi connectivity index (χ4v) is 3.32. The average Bonchev–Trinajstić information content (AvgIpc) is 3.23. The van der Waals surface area contributed by atoms with Crippen LogP contribution in [-0.2, 0) is 4.79 Å². The molecule has 0 radical (unpaired) electrons. The van der Waals surface area contributed by atoms with Gasteiger partial charge in [0.15, 0.2) is 0 Å². The molecule has 1 amide bonds. The van der Waals surface area contributed by atoms with Crippen molar-refractivity contribution in [3.8, 4) is 11.5 Å². The first-order valence-corrected chi connectivity index (χ1v) is 8.25. The molecule has 6 nitrogen and oxygen atoms in total. The summed E-state index contributed by atoms with van der Waals surface area (Å²) >= 11 is 0. The number of anilines is 1. The van der Waals surface area contributed by atoms with E-state index in [0.717, 1.165) is 16.8 Å². The van der Waals surface area contributed by atoms with Crippen molar-refractivity contribution < 1.29 is 9.32 Å². The molecule has 0 N–H and O–H groups in total. The van der Waals surface area contributed by atoms with Crippen LogP contribution < -0.4 is 4.90 Å². The second kappa shape index (κ2) is 6.12. The Balaban J connectivity index is 1.60. The summed E-state index contributed by atoms with van der Waals surface area (Å²) in [7, 11) is 0. The normalized spacial score (nSPS) is 17.3. The average molecular weight is 334 g/mol. The zero-order valence-corrected chi connectivity index (χ0v) is 14.1.